The Morgan fingerprint density at radius 3 is 2.25 bits per heavy atom. The number of hydrogen-bond acceptors (Lipinski definition) is 2. The summed E-state index contributed by atoms with van der Waals surface area (Å²) in [6.07, 6.45) is 5.84. The summed E-state index contributed by atoms with van der Waals surface area (Å²) in [5.41, 5.74) is 2.35. The van der Waals surface area contributed by atoms with E-state index in [1.807, 2.05) is 6.92 Å². The Morgan fingerprint density at radius 1 is 1.15 bits per heavy atom. The molecule has 0 unspecified atom stereocenters. The lowest BCUT2D eigenvalue weighted by Crippen LogP contribution is -2.36. The molecule has 1 saturated carbocycles. The number of aliphatic hydroxyl groups is 1. The van der Waals surface area contributed by atoms with Gasteiger partial charge in [-0.2, -0.15) is 0 Å². The van der Waals surface area contributed by atoms with Gasteiger partial charge in [0.05, 0.1) is 6.10 Å². The van der Waals surface area contributed by atoms with E-state index in [0.29, 0.717) is 12.0 Å². The summed E-state index contributed by atoms with van der Waals surface area (Å²) in [6, 6.07) is 9.26. The van der Waals surface area contributed by atoms with Crippen molar-refractivity contribution in [3.63, 3.8) is 0 Å². The van der Waals surface area contributed by atoms with Crippen LogP contribution in [0.5, 0.6) is 0 Å². The van der Waals surface area contributed by atoms with Gasteiger partial charge in [-0.3, -0.25) is 0 Å². The van der Waals surface area contributed by atoms with Crippen LogP contribution >= 0.6 is 0 Å². The summed E-state index contributed by atoms with van der Waals surface area (Å²) in [5.74, 6) is 0.677. The zero-order valence-corrected chi connectivity index (χ0v) is 13.2. The standard InChI is InChI=1S/C18H29NO/c1-4-18(20)15-9-11-17(12-10-15)19(13-14(2)3)16-7-5-6-8-16/h9-12,14,16,18,20H,4-8,13H2,1-3H3/t18-/m1/s1. The molecule has 1 aliphatic carbocycles. The molecule has 1 fully saturated rings. The molecule has 2 nitrogen and oxygen atoms in total. The van der Waals surface area contributed by atoms with E-state index in [0.717, 1.165) is 18.5 Å². The second-order valence-corrected chi connectivity index (χ2v) is 6.50. The van der Waals surface area contributed by atoms with Crippen LogP contribution in [0.3, 0.4) is 0 Å². The maximum Gasteiger partial charge on any atom is 0.0787 e. The van der Waals surface area contributed by atoms with Gasteiger partial charge in [0.1, 0.15) is 0 Å². The third-order valence-electron chi connectivity index (χ3n) is 4.32. The number of rotatable bonds is 6. The molecule has 112 valence electrons. The van der Waals surface area contributed by atoms with E-state index in [1.165, 1.54) is 31.4 Å². The predicted octanol–water partition coefficient (Wildman–Crippen LogP) is 4.54. The number of benzene rings is 1. The zero-order valence-electron chi connectivity index (χ0n) is 13.2. The summed E-state index contributed by atoms with van der Waals surface area (Å²) in [4.78, 5) is 2.58. The fourth-order valence-corrected chi connectivity index (χ4v) is 3.20. The van der Waals surface area contributed by atoms with E-state index in [2.05, 4.69) is 43.0 Å². The Balaban J connectivity index is 2.15. The van der Waals surface area contributed by atoms with Crippen LogP contribution in [0.25, 0.3) is 0 Å². The lowest BCUT2D eigenvalue weighted by atomic mass is 10.0. The molecule has 2 rings (SSSR count). The Labute approximate surface area is 123 Å². The van der Waals surface area contributed by atoms with Gasteiger partial charge in [-0.05, 0) is 42.9 Å². The molecule has 1 aromatic rings. The Bertz CT molecular complexity index is 392. The first-order valence-corrected chi connectivity index (χ1v) is 8.16. The minimum atomic E-state index is -0.325. The molecular formula is C18H29NO. The lowest BCUT2D eigenvalue weighted by Gasteiger charge is -2.33. The van der Waals surface area contributed by atoms with E-state index in [1.54, 1.807) is 0 Å². The summed E-state index contributed by atoms with van der Waals surface area (Å²) < 4.78 is 0. The van der Waals surface area contributed by atoms with Crippen molar-refractivity contribution in [3.8, 4) is 0 Å². The van der Waals surface area contributed by atoms with Crippen LogP contribution in [0.15, 0.2) is 24.3 Å². The molecule has 0 aromatic heterocycles. The number of nitrogens with zero attached hydrogens (tertiary/aromatic N) is 1. The largest absolute Gasteiger partial charge is 0.388 e. The van der Waals surface area contributed by atoms with Gasteiger partial charge < -0.3 is 10.0 Å². The first-order valence-electron chi connectivity index (χ1n) is 8.16. The highest BCUT2D eigenvalue weighted by Crippen LogP contribution is 2.30. The van der Waals surface area contributed by atoms with Crippen molar-refractivity contribution < 1.29 is 5.11 Å². The second-order valence-electron chi connectivity index (χ2n) is 6.50. The Morgan fingerprint density at radius 2 is 1.75 bits per heavy atom. The molecule has 0 aliphatic heterocycles. The molecule has 0 radical (unpaired) electrons. The van der Waals surface area contributed by atoms with Crippen molar-refractivity contribution in [1.29, 1.82) is 0 Å². The number of hydrogen-bond donors (Lipinski definition) is 1. The molecule has 2 heteroatoms. The highest BCUT2D eigenvalue weighted by Gasteiger charge is 2.23. The quantitative estimate of drug-likeness (QED) is 0.824. The Hall–Kier alpha value is -1.02. The smallest absolute Gasteiger partial charge is 0.0787 e. The molecule has 1 N–H and O–H groups in total. The van der Waals surface area contributed by atoms with Gasteiger partial charge in [0.15, 0.2) is 0 Å². The minimum Gasteiger partial charge on any atom is -0.388 e. The fourth-order valence-electron chi connectivity index (χ4n) is 3.20. The maximum atomic E-state index is 9.90. The predicted molar refractivity (Wildman–Crippen MR) is 86.1 cm³/mol. The van der Waals surface area contributed by atoms with E-state index in [-0.39, 0.29) is 6.10 Å². The van der Waals surface area contributed by atoms with Gasteiger partial charge in [0.2, 0.25) is 0 Å². The number of anilines is 1. The van der Waals surface area contributed by atoms with Crippen LogP contribution in [-0.2, 0) is 0 Å². The topological polar surface area (TPSA) is 23.5 Å². The van der Waals surface area contributed by atoms with E-state index < -0.39 is 0 Å². The van der Waals surface area contributed by atoms with Crippen LogP contribution < -0.4 is 4.90 Å². The summed E-state index contributed by atoms with van der Waals surface area (Å²) in [6.45, 7) is 7.72. The normalized spacial score (nSPS) is 17.6. The maximum absolute atomic E-state index is 9.90. The summed E-state index contributed by atoms with van der Waals surface area (Å²) in [5, 5.41) is 9.90. The highest BCUT2D eigenvalue weighted by atomic mass is 16.3. The molecule has 0 saturated heterocycles. The first-order chi connectivity index (χ1) is 9.61. The Kier molecular flexibility index (Phi) is 5.47. The fraction of sp³-hybridized carbons (Fsp3) is 0.667. The monoisotopic (exact) mass is 275 g/mol. The molecule has 0 bridgehead atoms. The highest BCUT2D eigenvalue weighted by molar-refractivity contribution is 5.49. The number of aliphatic hydroxyl groups excluding tert-OH is 1. The van der Waals surface area contributed by atoms with Crippen LogP contribution in [0, 0.1) is 5.92 Å². The van der Waals surface area contributed by atoms with Gasteiger partial charge in [-0.1, -0.05) is 45.7 Å². The third kappa shape index (κ3) is 3.76. The lowest BCUT2D eigenvalue weighted by molar-refractivity contribution is 0.173. The molecule has 0 spiro atoms. The van der Waals surface area contributed by atoms with Crippen molar-refractivity contribution >= 4 is 5.69 Å². The van der Waals surface area contributed by atoms with Crippen LogP contribution in [0.4, 0.5) is 5.69 Å². The molecular weight excluding hydrogens is 246 g/mol. The molecule has 0 heterocycles. The first kappa shape index (κ1) is 15.4. The molecule has 0 amide bonds. The van der Waals surface area contributed by atoms with Crippen molar-refractivity contribution in [2.24, 2.45) is 5.92 Å². The zero-order chi connectivity index (χ0) is 14.5. The average molecular weight is 275 g/mol. The van der Waals surface area contributed by atoms with Gasteiger partial charge in [0.25, 0.3) is 0 Å². The van der Waals surface area contributed by atoms with Gasteiger partial charge in [0, 0.05) is 18.3 Å². The molecule has 1 aromatic carbocycles. The van der Waals surface area contributed by atoms with Crippen molar-refractivity contribution in [2.75, 3.05) is 11.4 Å². The van der Waals surface area contributed by atoms with E-state index >= 15 is 0 Å². The van der Waals surface area contributed by atoms with Crippen LogP contribution in [0.2, 0.25) is 0 Å². The molecule has 1 aliphatic rings. The SMILES string of the molecule is CC[C@@H](O)c1ccc(N(CC(C)C)C2CCCC2)cc1. The average Bonchev–Trinajstić information content (AvgIpc) is 2.98. The minimum absolute atomic E-state index is 0.325. The summed E-state index contributed by atoms with van der Waals surface area (Å²) in [7, 11) is 0. The molecule has 1 atom stereocenters. The van der Waals surface area contributed by atoms with Gasteiger partial charge in [-0.15, -0.1) is 0 Å². The van der Waals surface area contributed by atoms with Crippen LogP contribution in [-0.4, -0.2) is 17.7 Å². The van der Waals surface area contributed by atoms with E-state index in [9.17, 15) is 5.11 Å². The summed E-state index contributed by atoms with van der Waals surface area (Å²) >= 11 is 0. The third-order valence-corrected chi connectivity index (χ3v) is 4.32. The van der Waals surface area contributed by atoms with Crippen molar-refractivity contribution in [1.82, 2.24) is 0 Å². The van der Waals surface area contributed by atoms with Crippen LogP contribution in [0.1, 0.15) is 64.5 Å². The second kappa shape index (κ2) is 7.12. The van der Waals surface area contributed by atoms with E-state index in [4.69, 9.17) is 0 Å². The van der Waals surface area contributed by atoms with Gasteiger partial charge in [-0.25, -0.2) is 0 Å². The van der Waals surface area contributed by atoms with Crippen molar-refractivity contribution in [3.05, 3.63) is 29.8 Å². The van der Waals surface area contributed by atoms with Gasteiger partial charge >= 0.3 is 0 Å². The molecule has 20 heavy (non-hydrogen) atoms. The van der Waals surface area contributed by atoms with Crippen molar-refractivity contribution in [2.45, 2.75) is 65.0 Å².